The van der Waals surface area contributed by atoms with Gasteiger partial charge in [0.2, 0.25) is 5.91 Å². The van der Waals surface area contributed by atoms with Gasteiger partial charge >= 0.3 is 0 Å². The molecular formula is C24H26ClN5O2. The van der Waals surface area contributed by atoms with Crippen LogP contribution in [0.5, 0.6) is 0 Å². The maximum atomic E-state index is 12.8. The smallest absolute Gasteiger partial charge is 0.270 e. The lowest BCUT2D eigenvalue weighted by atomic mass is 9.71. The number of carbonyl (C=O) groups excluding carboxylic acids is 2. The van der Waals surface area contributed by atoms with Crippen molar-refractivity contribution in [2.75, 3.05) is 5.32 Å². The number of carbonyl (C=O) groups is 2. The molecule has 3 aromatic heterocycles. The molecule has 8 heteroatoms. The van der Waals surface area contributed by atoms with E-state index in [1.165, 1.54) is 0 Å². The van der Waals surface area contributed by atoms with E-state index in [1.807, 2.05) is 58.0 Å². The maximum absolute atomic E-state index is 12.8. The van der Waals surface area contributed by atoms with E-state index in [4.69, 9.17) is 0 Å². The molecule has 2 amide bonds. The van der Waals surface area contributed by atoms with Crippen LogP contribution in [0.4, 0.5) is 5.82 Å². The van der Waals surface area contributed by atoms with E-state index in [0.717, 1.165) is 28.1 Å². The maximum Gasteiger partial charge on any atom is 0.270 e. The number of amides is 2. The van der Waals surface area contributed by atoms with Crippen molar-refractivity contribution in [1.82, 2.24) is 20.3 Å². The Morgan fingerprint density at radius 3 is 2.53 bits per heavy atom. The highest BCUT2D eigenvalue weighted by Gasteiger charge is 2.47. The highest BCUT2D eigenvalue weighted by Crippen LogP contribution is 2.45. The number of fused-ring (bicyclic) bond motifs is 1. The van der Waals surface area contributed by atoms with Gasteiger partial charge in [0, 0.05) is 41.8 Å². The van der Waals surface area contributed by atoms with Crippen molar-refractivity contribution >= 4 is 30.0 Å². The van der Waals surface area contributed by atoms with Gasteiger partial charge < -0.3 is 10.6 Å². The summed E-state index contributed by atoms with van der Waals surface area (Å²) in [5.41, 5.74) is 4.16. The van der Waals surface area contributed by atoms with Gasteiger partial charge in [0.25, 0.3) is 5.91 Å². The lowest BCUT2D eigenvalue weighted by Gasteiger charge is -2.29. The van der Waals surface area contributed by atoms with Crippen LogP contribution in [0.3, 0.4) is 0 Å². The zero-order valence-electron chi connectivity index (χ0n) is 18.5. The number of hydrogen-bond donors (Lipinski definition) is 2. The first-order valence-electron chi connectivity index (χ1n) is 10.2. The molecule has 2 N–H and O–H groups in total. The van der Waals surface area contributed by atoms with Crippen molar-refractivity contribution < 1.29 is 9.59 Å². The van der Waals surface area contributed by atoms with Crippen LogP contribution in [0, 0.1) is 13.8 Å². The second-order valence-electron chi connectivity index (χ2n) is 8.20. The summed E-state index contributed by atoms with van der Waals surface area (Å²) in [6, 6.07) is 11.2. The first-order valence-corrected chi connectivity index (χ1v) is 10.2. The van der Waals surface area contributed by atoms with E-state index in [2.05, 4.69) is 25.6 Å². The molecule has 0 spiro atoms. The Kier molecular flexibility index (Phi) is 6.60. The lowest BCUT2D eigenvalue weighted by Crippen LogP contribution is -2.36. The topological polar surface area (TPSA) is 96.9 Å². The molecule has 0 unspecified atom stereocenters. The molecule has 0 radical (unpaired) electrons. The lowest BCUT2D eigenvalue weighted by molar-refractivity contribution is -0.120. The minimum absolute atomic E-state index is 0. The summed E-state index contributed by atoms with van der Waals surface area (Å²) in [4.78, 5) is 38.3. The van der Waals surface area contributed by atoms with Gasteiger partial charge in [0.05, 0.1) is 5.41 Å². The predicted molar refractivity (Wildman–Crippen MR) is 125 cm³/mol. The predicted octanol–water partition coefficient (Wildman–Crippen LogP) is 3.85. The third-order valence-electron chi connectivity index (χ3n) is 6.05. The highest BCUT2D eigenvalue weighted by atomic mass is 35.5. The van der Waals surface area contributed by atoms with Crippen LogP contribution in [0.25, 0.3) is 0 Å². The van der Waals surface area contributed by atoms with Crippen molar-refractivity contribution in [3.63, 3.8) is 0 Å². The zero-order valence-corrected chi connectivity index (χ0v) is 19.3. The molecule has 0 saturated heterocycles. The van der Waals surface area contributed by atoms with Crippen LogP contribution < -0.4 is 10.6 Å². The molecular weight excluding hydrogens is 426 g/mol. The Morgan fingerprint density at radius 1 is 1.16 bits per heavy atom. The third-order valence-corrected chi connectivity index (χ3v) is 6.05. The van der Waals surface area contributed by atoms with E-state index in [1.54, 1.807) is 18.5 Å². The average molecular weight is 452 g/mol. The van der Waals surface area contributed by atoms with Crippen molar-refractivity contribution in [3.8, 4) is 0 Å². The molecule has 166 valence electrons. The largest absolute Gasteiger partial charge is 0.347 e. The van der Waals surface area contributed by atoms with E-state index < -0.39 is 5.41 Å². The van der Waals surface area contributed by atoms with Crippen LogP contribution in [-0.2, 0) is 16.8 Å². The summed E-state index contributed by atoms with van der Waals surface area (Å²) in [5, 5.41) is 5.77. The van der Waals surface area contributed by atoms with Crippen LogP contribution in [0.2, 0.25) is 0 Å². The number of nitrogens with one attached hydrogen (secondary N) is 2. The molecule has 0 aliphatic carbocycles. The summed E-state index contributed by atoms with van der Waals surface area (Å²) in [6.07, 6.45) is 3.34. The van der Waals surface area contributed by atoms with Gasteiger partial charge in [-0.3, -0.25) is 19.6 Å². The first-order chi connectivity index (χ1) is 14.8. The molecule has 0 saturated carbocycles. The molecule has 0 bridgehead atoms. The minimum Gasteiger partial charge on any atom is -0.347 e. The number of rotatable bonds is 5. The SMILES string of the molecule is Cc1cc(CNC(=O)c2ccc([C@@H](C)[C@@]3(C)C(=O)Nc4ncccc43)cn2)cc(C)n1.Cl. The van der Waals surface area contributed by atoms with E-state index in [9.17, 15) is 9.59 Å². The van der Waals surface area contributed by atoms with Crippen LogP contribution >= 0.6 is 12.4 Å². The Bertz CT molecular complexity index is 1150. The third kappa shape index (κ3) is 4.21. The van der Waals surface area contributed by atoms with E-state index in [0.29, 0.717) is 18.1 Å². The monoisotopic (exact) mass is 451 g/mol. The Hall–Kier alpha value is -3.32. The number of hydrogen-bond acceptors (Lipinski definition) is 5. The van der Waals surface area contributed by atoms with Gasteiger partial charge in [-0.25, -0.2) is 4.98 Å². The molecule has 3 aromatic rings. The molecule has 0 fully saturated rings. The van der Waals surface area contributed by atoms with Crippen molar-refractivity contribution in [1.29, 1.82) is 0 Å². The summed E-state index contributed by atoms with van der Waals surface area (Å²) >= 11 is 0. The standard InChI is InChI=1S/C24H25N5O2.ClH/c1-14-10-17(11-15(2)28-14)12-27-22(30)20-8-7-18(13-26-20)16(3)24(4)19-6-5-9-25-21(19)29-23(24)31;/h5-11,13,16H,12H2,1-4H3,(H,27,30)(H,25,29,31);1H/t16-,24-;/m1./s1. The molecule has 1 aliphatic rings. The van der Waals surface area contributed by atoms with Crippen molar-refractivity contribution in [2.45, 2.75) is 45.6 Å². The number of pyridine rings is 3. The molecule has 2 atom stereocenters. The van der Waals surface area contributed by atoms with Crippen LogP contribution in [0.15, 0.2) is 48.8 Å². The minimum atomic E-state index is -0.758. The van der Waals surface area contributed by atoms with Gasteiger partial charge in [-0.15, -0.1) is 12.4 Å². The quantitative estimate of drug-likeness (QED) is 0.614. The number of anilines is 1. The average Bonchev–Trinajstić information content (AvgIpc) is 3.02. The van der Waals surface area contributed by atoms with Crippen LogP contribution in [0.1, 0.15) is 58.3 Å². The zero-order chi connectivity index (χ0) is 22.2. The van der Waals surface area contributed by atoms with Gasteiger partial charge in [-0.2, -0.15) is 0 Å². The van der Waals surface area contributed by atoms with E-state index in [-0.39, 0.29) is 30.1 Å². The highest BCUT2D eigenvalue weighted by molar-refractivity contribution is 6.05. The molecule has 32 heavy (non-hydrogen) atoms. The first kappa shape index (κ1) is 23.3. The van der Waals surface area contributed by atoms with Crippen molar-refractivity contribution in [2.24, 2.45) is 0 Å². The number of aryl methyl sites for hydroxylation is 2. The Morgan fingerprint density at radius 2 is 1.88 bits per heavy atom. The summed E-state index contributed by atoms with van der Waals surface area (Å²) in [5.74, 6) is 0.127. The van der Waals surface area contributed by atoms with Gasteiger partial charge in [0.15, 0.2) is 0 Å². The fourth-order valence-corrected chi connectivity index (χ4v) is 4.14. The second-order valence-corrected chi connectivity index (χ2v) is 8.20. The summed E-state index contributed by atoms with van der Waals surface area (Å²) < 4.78 is 0. The Labute approximate surface area is 193 Å². The van der Waals surface area contributed by atoms with Gasteiger partial charge in [0.1, 0.15) is 11.5 Å². The summed E-state index contributed by atoms with van der Waals surface area (Å²) in [6.45, 7) is 8.18. The van der Waals surface area contributed by atoms with Crippen molar-refractivity contribution in [3.05, 3.63) is 82.6 Å². The molecule has 7 nitrogen and oxygen atoms in total. The van der Waals surface area contributed by atoms with Crippen LogP contribution in [-0.4, -0.2) is 26.8 Å². The van der Waals surface area contributed by atoms with E-state index >= 15 is 0 Å². The molecule has 0 aromatic carbocycles. The van der Waals surface area contributed by atoms with Gasteiger partial charge in [-0.1, -0.05) is 19.1 Å². The Balaban J connectivity index is 0.00000289. The summed E-state index contributed by atoms with van der Waals surface area (Å²) in [7, 11) is 0. The number of halogens is 1. The molecule has 4 heterocycles. The number of nitrogens with zero attached hydrogens (tertiary/aromatic N) is 3. The molecule has 1 aliphatic heterocycles. The second kappa shape index (κ2) is 9.04. The fourth-order valence-electron chi connectivity index (χ4n) is 4.14. The fraction of sp³-hybridized carbons (Fsp3) is 0.292. The van der Waals surface area contributed by atoms with Gasteiger partial charge in [-0.05, 0) is 56.2 Å². The normalized spacial score (nSPS) is 17.7. The number of aromatic nitrogens is 3. The molecule has 4 rings (SSSR count).